The van der Waals surface area contributed by atoms with Crippen LogP contribution in [-0.4, -0.2) is 44.7 Å². The Morgan fingerprint density at radius 3 is 2.56 bits per heavy atom. The van der Waals surface area contributed by atoms with Gasteiger partial charge in [-0.2, -0.15) is 0 Å². The van der Waals surface area contributed by atoms with Crippen molar-refractivity contribution in [2.75, 3.05) is 0 Å². The van der Waals surface area contributed by atoms with Crippen LogP contribution < -0.4 is 0 Å². The second-order valence-electron chi connectivity index (χ2n) is 8.25. The van der Waals surface area contributed by atoms with Gasteiger partial charge in [0.05, 0.1) is 17.3 Å². The van der Waals surface area contributed by atoms with Crippen LogP contribution in [0.5, 0.6) is 0 Å². The Morgan fingerprint density at radius 2 is 1.88 bits per heavy atom. The van der Waals surface area contributed by atoms with Crippen LogP contribution in [0.1, 0.15) is 65.7 Å². The molecule has 0 aromatic carbocycles. The molecule has 1 saturated heterocycles. The third-order valence-corrected chi connectivity index (χ3v) is 5.87. The molecule has 2 rings (SSSR count). The highest BCUT2D eigenvalue weighted by Crippen LogP contribution is 2.37. The van der Waals surface area contributed by atoms with Gasteiger partial charge in [-0.3, -0.25) is 0 Å². The highest BCUT2D eigenvalue weighted by atomic mass is 16.6. The van der Waals surface area contributed by atoms with E-state index in [2.05, 4.69) is 6.58 Å². The summed E-state index contributed by atoms with van der Waals surface area (Å²) in [5.41, 5.74) is -0.809. The van der Waals surface area contributed by atoms with Gasteiger partial charge < -0.3 is 20.1 Å². The highest BCUT2D eigenvalue weighted by molar-refractivity contribution is 5.89. The number of ether oxygens (including phenoxy) is 1. The third-order valence-electron chi connectivity index (χ3n) is 5.87. The first-order valence-electron chi connectivity index (χ1n) is 9.21. The van der Waals surface area contributed by atoms with Crippen LogP contribution in [0.4, 0.5) is 0 Å². The van der Waals surface area contributed by atoms with E-state index < -0.39 is 29.4 Å². The van der Waals surface area contributed by atoms with Crippen molar-refractivity contribution in [3.8, 4) is 0 Å². The van der Waals surface area contributed by atoms with Crippen LogP contribution in [0.2, 0.25) is 0 Å². The Bertz CT molecular complexity index is 546. The SMILES string of the molecule is C=C1C(=O)O[C@@H]2C[C@H]1CC[C@@](C)(O)[C@@H](O)CC/C(C)=C/CC[C@]2(C)O. The second-order valence-corrected chi connectivity index (χ2v) is 8.25. The van der Waals surface area contributed by atoms with Crippen molar-refractivity contribution in [1.82, 2.24) is 0 Å². The van der Waals surface area contributed by atoms with Gasteiger partial charge in [-0.05, 0) is 71.6 Å². The van der Waals surface area contributed by atoms with Gasteiger partial charge >= 0.3 is 5.97 Å². The average molecular weight is 352 g/mol. The Morgan fingerprint density at radius 1 is 1.20 bits per heavy atom. The van der Waals surface area contributed by atoms with Gasteiger partial charge in [-0.15, -0.1) is 0 Å². The lowest BCUT2D eigenvalue weighted by Crippen LogP contribution is -2.47. The molecule has 142 valence electrons. The number of aliphatic hydroxyl groups excluding tert-OH is 1. The molecule has 1 fully saturated rings. The highest BCUT2D eigenvalue weighted by Gasteiger charge is 2.42. The van der Waals surface area contributed by atoms with E-state index in [-0.39, 0.29) is 5.92 Å². The quantitative estimate of drug-likeness (QED) is 0.354. The molecule has 3 N–H and O–H groups in total. The predicted octanol–water partition coefficient (Wildman–Crippen LogP) is 2.64. The zero-order chi connectivity index (χ0) is 18.8. The Balaban J connectivity index is 2.26. The lowest BCUT2D eigenvalue weighted by Gasteiger charge is -2.40. The zero-order valence-corrected chi connectivity index (χ0v) is 15.6. The molecule has 0 aromatic heterocycles. The van der Waals surface area contributed by atoms with Crippen molar-refractivity contribution >= 4 is 5.97 Å². The molecule has 0 radical (unpaired) electrons. The van der Waals surface area contributed by atoms with Crippen LogP contribution in [-0.2, 0) is 9.53 Å². The summed E-state index contributed by atoms with van der Waals surface area (Å²) in [5, 5.41) is 31.8. The summed E-state index contributed by atoms with van der Waals surface area (Å²) in [4.78, 5) is 12.2. The van der Waals surface area contributed by atoms with Crippen molar-refractivity contribution in [2.24, 2.45) is 5.92 Å². The standard InChI is InChI=1S/C20H32O5/c1-13-6-5-10-20(4,24)17-12-15(14(2)18(22)25-17)9-11-19(3,23)16(21)8-7-13/h6,15-17,21,23-24H,2,5,7-12H2,1,3-4H3/b13-6+/t15-,16+,17-,19-,20+/m1/s1. The number of carbonyl (C=O) groups is 1. The fraction of sp³-hybridized carbons (Fsp3) is 0.750. The number of hydrogen-bond donors (Lipinski definition) is 3. The maximum Gasteiger partial charge on any atom is 0.334 e. The maximum atomic E-state index is 12.2. The van der Waals surface area contributed by atoms with E-state index in [9.17, 15) is 20.1 Å². The van der Waals surface area contributed by atoms with Crippen molar-refractivity contribution in [1.29, 1.82) is 0 Å². The van der Waals surface area contributed by atoms with Crippen LogP contribution in [0.3, 0.4) is 0 Å². The van der Waals surface area contributed by atoms with E-state index in [1.165, 1.54) is 0 Å². The molecule has 1 heterocycles. The largest absolute Gasteiger partial charge is 0.456 e. The van der Waals surface area contributed by atoms with Crippen molar-refractivity contribution in [3.05, 3.63) is 23.8 Å². The molecule has 2 bridgehead atoms. The normalized spacial score (nSPS) is 43.6. The third kappa shape index (κ3) is 4.93. The summed E-state index contributed by atoms with van der Waals surface area (Å²) in [6, 6.07) is 0. The zero-order valence-electron chi connectivity index (χ0n) is 15.6. The number of aliphatic hydroxyl groups is 3. The van der Waals surface area contributed by atoms with E-state index >= 15 is 0 Å². The van der Waals surface area contributed by atoms with Gasteiger partial charge in [0.15, 0.2) is 0 Å². The Hall–Kier alpha value is -1.17. The second kappa shape index (κ2) is 7.60. The molecular weight excluding hydrogens is 320 g/mol. The van der Waals surface area contributed by atoms with Crippen LogP contribution in [0.15, 0.2) is 23.8 Å². The molecule has 5 heteroatoms. The summed E-state index contributed by atoms with van der Waals surface area (Å²) in [7, 11) is 0. The van der Waals surface area contributed by atoms with Gasteiger partial charge in [0.2, 0.25) is 0 Å². The summed E-state index contributed by atoms with van der Waals surface area (Å²) in [6.07, 6.45) is 4.39. The molecule has 0 unspecified atom stereocenters. The van der Waals surface area contributed by atoms with Crippen molar-refractivity contribution in [2.45, 2.75) is 89.1 Å². The molecule has 0 spiro atoms. The smallest absolute Gasteiger partial charge is 0.334 e. The number of fused-ring (bicyclic) bond motifs is 2. The molecule has 0 aromatic rings. The molecule has 5 atom stereocenters. The molecule has 5 nitrogen and oxygen atoms in total. The van der Waals surface area contributed by atoms with E-state index in [0.29, 0.717) is 50.5 Å². The number of esters is 1. The number of carbonyl (C=O) groups excluding carboxylic acids is 1. The summed E-state index contributed by atoms with van der Waals surface area (Å²) in [6.45, 7) is 9.17. The maximum absolute atomic E-state index is 12.2. The van der Waals surface area contributed by atoms with Crippen LogP contribution in [0, 0.1) is 5.92 Å². The average Bonchev–Trinajstić information content (AvgIpc) is 2.52. The minimum absolute atomic E-state index is 0.156. The summed E-state index contributed by atoms with van der Waals surface area (Å²) >= 11 is 0. The fourth-order valence-electron chi connectivity index (χ4n) is 3.68. The van der Waals surface area contributed by atoms with Crippen LogP contribution >= 0.6 is 0 Å². The van der Waals surface area contributed by atoms with E-state index in [1.807, 2.05) is 13.0 Å². The molecule has 0 amide bonds. The lowest BCUT2D eigenvalue weighted by atomic mass is 9.77. The predicted molar refractivity (Wildman–Crippen MR) is 95.8 cm³/mol. The molecule has 1 aliphatic heterocycles. The minimum Gasteiger partial charge on any atom is -0.456 e. The minimum atomic E-state index is -1.22. The first-order valence-corrected chi connectivity index (χ1v) is 9.21. The molecule has 25 heavy (non-hydrogen) atoms. The van der Waals surface area contributed by atoms with E-state index in [4.69, 9.17) is 4.74 Å². The van der Waals surface area contributed by atoms with Crippen molar-refractivity contribution < 1.29 is 24.9 Å². The van der Waals surface area contributed by atoms with Gasteiger partial charge in [-0.1, -0.05) is 18.2 Å². The summed E-state index contributed by atoms with van der Waals surface area (Å²) < 4.78 is 5.42. The molecular formula is C20H32O5. The molecule has 0 saturated carbocycles. The van der Waals surface area contributed by atoms with Gasteiger partial charge in [0, 0.05) is 5.57 Å². The fourth-order valence-corrected chi connectivity index (χ4v) is 3.68. The molecule has 1 aliphatic carbocycles. The van der Waals surface area contributed by atoms with Gasteiger partial charge in [-0.25, -0.2) is 4.79 Å². The monoisotopic (exact) mass is 352 g/mol. The first-order chi connectivity index (χ1) is 11.5. The lowest BCUT2D eigenvalue weighted by molar-refractivity contribution is -0.169. The molecule has 2 aliphatic rings. The number of allylic oxidation sites excluding steroid dienone is 2. The number of rotatable bonds is 0. The first kappa shape index (κ1) is 20.1. The summed E-state index contributed by atoms with van der Waals surface area (Å²) in [5.74, 6) is -0.628. The van der Waals surface area contributed by atoms with Crippen LogP contribution in [0.25, 0.3) is 0 Å². The Kier molecular flexibility index (Phi) is 6.13. The van der Waals surface area contributed by atoms with Gasteiger partial charge in [0.25, 0.3) is 0 Å². The Labute approximate surface area is 150 Å². The van der Waals surface area contributed by atoms with Gasteiger partial charge in [0.1, 0.15) is 6.10 Å². The number of hydrogen-bond acceptors (Lipinski definition) is 5. The van der Waals surface area contributed by atoms with Crippen molar-refractivity contribution in [3.63, 3.8) is 0 Å². The van der Waals surface area contributed by atoms with E-state index in [1.54, 1.807) is 13.8 Å². The van der Waals surface area contributed by atoms with E-state index in [0.717, 1.165) is 5.57 Å². The topological polar surface area (TPSA) is 87.0 Å².